The van der Waals surface area contributed by atoms with E-state index in [1.165, 1.54) is 38.5 Å². The molecule has 6 heteroatoms. The average Bonchev–Trinajstić information content (AvgIpc) is 2.89. The van der Waals surface area contributed by atoms with Gasteiger partial charge in [0.15, 0.2) is 0 Å². The molecule has 6 nitrogen and oxygen atoms in total. The van der Waals surface area contributed by atoms with Crippen molar-refractivity contribution in [2.75, 3.05) is 43.1 Å². The van der Waals surface area contributed by atoms with E-state index in [-0.39, 0.29) is 0 Å². The summed E-state index contributed by atoms with van der Waals surface area (Å²) in [6, 6.07) is 0.432. The van der Waals surface area contributed by atoms with Gasteiger partial charge < -0.3 is 14.5 Å². The van der Waals surface area contributed by atoms with E-state index < -0.39 is 0 Å². The third kappa shape index (κ3) is 2.94. The molecule has 0 atom stereocenters. The Morgan fingerprint density at radius 2 is 1.15 bits per heavy atom. The lowest BCUT2D eigenvalue weighted by Gasteiger charge is -2.22. The number of nitrogens with zero attached hydrogens (tertiary/aromatic N) is 5. The van der Waals surface area contributed by atoms with E-state index in [1.807, 2.05) is 0 Å². The van der Waals surface area contributed by atoms with Crippen molar-refractivity contribution in [3.8, 4) is 6.01 Å². The second-order valence-electron chi connectivity index (χ2n) is 5.52. The SMILES string of the molecule is COc1nc(N2CCCCCC2)nc(N2CCCC2)n1. The Morgan fingerprint density at radius 3 is 1.60 bits per heavy atom. The van der Waals surface area contributed by atoms with Crippen LogP contribution in [0.2, 0.25) is 0 Å². The Bertz CT molecular complexity index is 439. The van der Waals surface area contributed by atoms with Crippen LogP contribution in [0, 0.1) is 0 Å². The number of rotatable bonds is 3. The molecule has 3 rings (SSSR count). The van der Waals surface area contributed by atoms with Crippen LogP contribution in [0.15, 0.2) is 0 Å². The zero-order valence-electron chi connectivity index (χ0n) is 12.2. The number of methoxy groups -OCH3 is 1. The molecule has 3 heterocycles. The monoisotopic (exact) mass is 277 g/mol. The highest BCUT2D eigenvalue weighted by Crippen LogP contribution is 2.22. The zero-order valence-corrected chi connectivity index (χ0v) is 12.2. The molecule has 0 unspecified atom stereocenters. The summed E-state index contributed by atoms with van der Waals surface area (Å²) in [4.78, 5) is 18.0. The van der Waals surface area contributed by atoms with Gasteiger partial charge in [0.1, 0.15) is 0 Å². The van der Waals surface area contributed by atoms with Gasteiger partial charge in [-0.3, -0.25) is 0 Å². The Kier molecular flexibility index (Phi) is 4.18. The number of hydrogen-bond donors (Lipinski definition) is 0. The van der Waals surface area contributed by atoms with Crippen molar-refractivity contribution in [1.29, 1.82) is 0 Å². The van der Waals surface area contributed by atoms with Crippen LogP contribution in [0.5, 0.6) is 6.01 Å². The first-order valence-corrected chi connectivity index (χ1v) is 7.67. The number of hydrogen-bond acceptors (Lipinski definition) is 6. The van der Waals surface area contributed by atoms with Gasteiger partial charge in [0.2, 0.25) is 11.9 Å². The minimum atomic E-state index is 0.432. The van der Waals surface area contributed by atoms with Crippen LogP contribution in [-0.4, -0.2) is 48.2 Å². The summed E-state index contributed by atoms with van der Waals surface area (Å²) in [6.07, 6.45) is 7.47. The lowest BCUT2D eigenvalue weighted by molar-refractivity contribution is 0.378. The molecule has 1 aromatic heterocycles. The van der Waals surface area contributed by atoms with Crippen molar-refractivity contribution in [3.05, 3.63) is 0 Å². The van der Waals surface area contributed by atoms with Gasteiger partial charge in [0.05, 0.1) is 7.11 Å². The number of ether oxygens (including phenoxy) is 1. The van der Waals surface area contributed by atoms with E-state index in [9.17, 15) is 0 Å². The van der Waals surface area contributed by atoms with Gasteiger partial charge in [0, 0.05) is 26.2 Å². The summed E-state index contributed by atoms with van der Waals surface area (Å²) in [6.45, 7) is 4.14. The third-order valence-electron chi connectivity index (χ3n) is 4.05. The minimum absolute atomic E-state index is 0.432. The fourth-order valence-electron chi connectivity index (χ4n) is 2.90. The maximum absolute atomic E-state index is 5.26. The first-order chi connectivity index (χ1) is 9.86. The van der Waals surface area contributed by atoms with Gasteiger partial charge >= 0.3 is 6.01 Å². The second kappa shape index (κ2) is 6.24. The van der Waals surface area contributed by atoms with Gasteiger partial charge in [0.25, 0.3) is 0 Å². The molecule has 0 saturated carbocycles. The highest BCUT2D eigenvalue weighted by atomic mass is 16.5. The Labute approximate surface area is 120 Å². The summed E-state index contributed by atoms with van der Waals surface area (Å²) in [5.74, 6) is 1.55. The number of anilines is 2. The van der Waals surface area contributed by atoms with Gasteiger partial charge in [-0.15, -0.1) is 0 Å². The molecule has 2 aliphatic rings. The summed E-state index contributed by atoms with van der Waals surface area (Å²) in [5, 5.41) is 0. The van der Waals surface area contributed by atoms with Crippen molar-refractivity contribution in [3.63, 3.8) is 0 Å². The molecule has 0 amide bonds. The fourth-order valence-corrected chi connectivity index (χ4v) is 2.90. The summed E-state index contributed by atoms with van der Waals surface area (Å²) in [7, 11) is 1.62. The van der Waals surface area contributed by atoms with Crippen molar-refractivity contribution >= 4 is 11.9 Å². The molecule has 1 aromatic rings. The Balaban J connectivity index is 1.86. The lowest BCUT2D eigenvalue weighted by atomic mass is 10.2. The molecule has 2 saturated heterocycles. The van der Waals surface area contributed by atoms with Gasteiger partial charge in [-0.1, -0.05) is 12.8 Å². The molecule has 110 valence electrons. The first kappa shape index (κ1) is 13.4. The molecule has 0 bridgehead atoms. The molecular weight excluding hydrogens is 254 g/mol. The Morgan fingerprint density at radius 1 is 0.700 bits per heavy atom. The van der Waals surface area contributed by atoms with Crippen LogP contribution in [0.25, 0.3) is 0 Å². The van der Waals surface area contributed by atoms with Crippen LogP contribution < -0.4 is 14.5 Å². The molecular formula is C14H23N5O. The summed E-state index contributed by atoms with van der Waals surface area (Å²) in [5.41, 5.74) is 0. The van der Waals surface area contributed by atoms with Gasteiger partial charge in [-0.2, -0.15) is 15.0 Å². The predicted octanol–water partition coefficient (Wildman–Crippen LogP) is 1.86. The van der Waals surface area contributed by atoms with E-state index in [2.05, 4.69) is 24.8 Å². The van der Waals surface area contributed by atoms with Crippen LogP contribution >= 0.6 is 0 Å². The Hall–Kier alpha value is -1.59. The summed E-state index contributed by atoms with van der Waals surface area (Å²) >= 11 is 0. The van der Waals surface area contributed by atoms with E-state index in [0.717, 1.165) is 38.1 Å². The predicted molar refractivity (Wildman–Crippen MR) is 78.5 cm³/mol. The van der Waals surface area contributed by atoms with E-state index in [0.29, 0.717) is 6.01 Å². The highest BCUT2D eigenvalue weighted by Gasteiger charge is 2.20. The maximum Gasteiger partial charge on any atom is 0.322 e. The largest absolute Gasteiger partial charge is 0.467 e. The molecule has 0 spiro atoms. The third-order valence-corrected chi connectivity index (χ3v) is 4.05. The minimum Gasteiger partial charge on any atom is -0.467 e. The molecule has 0 aromatic carbocycles. The van der Waals surface area contributed by atoms with E-state index >= 15 is 0 Å². The van der Waals surface area contributed by atoms with Crippen LogP contribution in [-0.2, 0) is 0 Å². The van der Waals surface area contributed by atoms with Crippen LogP contribution in [0.1, 0.15) is 38.5 Å². The maximum atomic E-state index is 5.26. The van der Waals surface area contributed by atoms with Gasteiger partial charge in [-0.25, -0.2) is 0 Å². The molecule has 0 radical (unpaired) electrons. The fraction of sp³-hybridized carbons (Fsp3) is 0.786. The first-order valence-electron chi connectivity index (χ1n) is 7.67. The highest BCUT2D eigenvalue weighted by molar-refractivity contribution is 5.41. The van der Waals surface area contributed by atoms with Gasteiger partial charge in [-0.05, 0) is 25.7 Å². The molecule has 2 aliphatic heterocycles. The van der Waals surface area contributed by atoms with Crippen molar-refractivity contribution < 1.29 is 4.74 Å². The lowest BCUT2D eigenvalue weighted by Crippen LogP contribution is -2.28. The van der Waals surface area contributed by atoms with Crippen molar-refractivity contribution in [2.45, 2.75) is 38.5 Å². The normalized spacial score (nSPS) is 20.1. The second-order valence-corrected chi connectivity index (χ2v) is 5.52. The smallest absolute Gasteiger partial charge is 0.322 e. The molecule has 0 N–H and O–H groups in total. The van der Waals surface area contributed by atoms with E-state index in [1.54, 1.807) is 7.11 Å². The standard InChI is InChI=1S/C14H23N5O/c1-20-14-16-12(18-8-4-2-3-5-9-18)15-13(17-14)19-10-6-7-11-19/h2-11H2,1H3. The van der Waals surface area contributed by atoms with E-state index in [4.69, 9.17) is 4.74 Å². The van der Waals surface area contributed by atoms with Crippen molar-refractivity contribution in [1.82, 2.24) is 15.0 Å². The summed E-state index contributed by atoms with van der Waals surface area (Å²) < 4.78 is 5.26. The van der Waals surface area contributed by atoms with Crippen molar-refractivity contribution in [2.24, 2.45) is 0 Å². The average molecular weight is 277 g/mol. The zero-order chi connectivity index (χ0) is 13.8. The molecule has 20 heavy (non-hydrogen) atoms. The molecule has 2 fully saturated rings. The quantitative estimate of drug-likeness (QED) is 0.840. The number of aromatic nitrogens is 3. The molecule has 0 aliphatic carbocycles. The van der Waals surface area contributed by atoms with Crippen LogP contribution in [0.3, 0.4) is 0 Å². The van der Waals surface area contributed by atoms with Crippen LogP contribution in [0.4, 0.5) is 11.9 Å². The topological polar surface area (TPSA) is 54.4 Å².